The van der Waals surface area contributed by atoms with Gasteiger partial charge in [-0.15, -0.1) is 0 Å². The van der Waals surface area contributed by atoms with Crippen LogP contribution in [0.2, 0.25) is 0 Å². The average molecular weight is 306 g/mol. The zero-order chi connectivity index (χ0) is 16.1. The minimum atomic E-state index is -0.348. The van der Waals surface area contributed by atoms with Gasteiger partial charge in [0.25, 0.3) is 5.91 Å². The Morgan fingerprint density at radius 2 is 1.57 bits per heavy atom. The molecule has 4 nitrogen and oxygen atoms in total. The zero-order valence-corrected chi connectivity index (χ0v) is 12.6. The Balaban J connectivity index is 1.45. The molecule has 0 aliphatic heterocycles. The van der Waals surface area contributed by atoms with E-state index in [1.54, 1.807) is 6.08 Å². The van der Waals surface area contributed by atoms with Gasteiger partial charge in [-0.25, -0.2) is 0 Å². The molecule has 2 aromatic carbocycles. The Morgan fingerprint density at radius 3 is 2.26 bits per heavy atom. The minimum absolute atomic E-state index is 0.0594. The van der Waals surface area contributed by atoms with Crippen molar-refractivity contribution >= 4 is 17.9 Å². The number of amides is 2. The van der Waals surface area contributed by atoms with E-state index in [1.807, 2.05) is 60.7 Å². The van der Waals surface area contributed by atoms with Crippen LogP contribution in [0.3, 0.4) is 0 Å². The molecular weight excluding hydrogens is 288 g/mol. The van der Waals surface area contributed by atoms with Gasteiger partial charge in [0, 0.05) is 12.0 Å². The van der Waals surface area contributed by atoms with Gasteiger partial charge < -0.3 is 0 Å². The first-order valence-corrected chi connectivity index (χ1v) is 7.62. The van der Waals surface area contributed by atoms with Crippen LogP contribution >= 0.6 is 0 Å². The highest BCUT2D eigenvalue weighted by atomic mass is 16.2. The average Bonchev–Trinajstić information content (AvgIpc) is 3.40. The molecular formula is C19H18N2O2. The van der Waals surface area contributed by atoms with E-state index in [1.165, 1.54) is 11.6 Å². The standard InChI is InChI=1S/C19H18N2O2/c22-18(12-11-14-7-3-1-4-8-14)20-21-19(23)17-13-16(17)15-9-5-2-6-10-15/h1-12,16-17H,13H2,(H,20,22)(H,21,23)/b12-11+/t16-,17-/m0/s1. The molecule has 2 aromatic rings. The highest BCUT2D eigenvalue weighted by Gasteiger charge is 2.43. The van der Waals surface area contributed by atoms with Crippen molar-refractivity contribution < 1.29 is 9.59 Å². The molecule has 0 heterocycles. The number of rotatable bonds is 4. The molecule has 1 saturated carbocycles. The maximum Gasteiger partial charge on any atom is 0.262 e. The van der Waals surface area contributed by atoms with Crippen molar-refractivity contribution in [2.75, 3.05) is 0 Å². The third-order valence-electron chi connectivity index (χ3n) is 3.89. The van der Waals surface area contributed by atoms with E-state index in [9.17, 15) is 9.59 Å². The second kappa shape index (κ2) is 6.92. The largest absolute Gasteiger partial charge is 0.273 e. The van der Waals surface area contributed by atoms with Crippen molar-refractivity contribution in [1.82, 2.24) is 10.9 Å². The van der Waals surface area contributed by atoms with Crippen molar-refractivity contribution in [3.8, 4) is 0 Å². The van der Waals surface area contributed by atoms with Crippen molar-refractivity contribution in [1.29, 1.82) is 0 Å². The van der Waals surface area contributed by atoms with Crippen LogP contribution in [0, 0.1) is 5.92 Å². The smallest absolute Gasteiger partial charge is 0.262 e. The van der Waals surface area contributed by atoms with Crippen LogP contribution in [0.25, 0.3) is 6.08 Å². The third-order valence-corrected chi connectivity index (χ3v) is 3.89. The molecule has 2 atom stereocenters. The number of carbonyl (C=O) groups is 2. The maximum absolute atomic E-state index is 12.0. The highest BCUT2D eigenvalue weighted by Crippen LogP contribution is 2.47. The van der Waals surface area contributed by atoms with Gasteiger partial charge in [-0.3, -0.25) is 20.4 Å². The molecule has 0 saturated heterocycles. The van der Waals surface area contributed by atoms with Crippen LogP contribution < -0.4 is 10.9 Å². The zero-order valence-electron chi connectivity index (χ0n) is 12.6. The molecule has 4 heteroatoms. The summed E-state index contributed by atoms with van der Waals surface area (Å²) in [6.07, 6.45) is 3.92. The van der Waals surface area contributed by atoms with Gasteiger partial charge in [0.2, 0.25) is 5.91 Å². The number of nitrogens with one attached hydrogen (secondary N) is 2. The second-order valence-electron chi connectivity index (χ2n) is 5.58. The van der Waals surface area contributed by atoms with Crippen LogP contribution in [-0.4, -0.2) is 11.8 Å². The molecule has 0 spiro atoms. The fourth-order valence-corrected chi connectivity index (χ4v) is 2.55. The maximum atomic E-state index is 12.0. The summed E-state index contributed by atoms with van der Waals surface area (Å²) in [5.74, 6) is -0.289. The summed E-state index contributed by atoms with van der Waals surface area (Å²) in [6, 6.07) is 19.5. The fraction of sp³-hybridized carbons (Fsp3) is 0.158. The van der Waals surface area contributed by atoms with E-state index in [4.69, 9.17) is 0 Å². The predicted molar refractivity (Wildman–Crippen MR) is 89.1 cm³/mol. The molecule has 116 valence electrons. The van der Waals surface area contributed by atoms with Gasteiger partial charge in [0.1, 0.15) is 0 Å². The molecule has 23 heavy (non-hydrogen) atoms. The molecule has 1 fully saturated rings. The van der Waals surface area contributed by atoms with Gasteiger partial charge in [-0.2, -0.15) is 0 Å². The first kappa shape index (κ1) is 15.0. The number of hydrogen-bond donors (Lipinski definition) is 2. The Hall–Kier alpha value is -2.88. The lowest BCUT2D eigenvalue weighted by molar-refractivity contribution is -0.127. The van der Waals surface area contributed by atoms with Crippen molar-refractivity contribution in [2.45, 2.75) is 12.3 Å². The van der Waals surface area contributed by atoms with Crippen LogP contribution in [0.5, 0.6) is 0 Å². The van der Waals surface area contributed by atoms with Crippen LogP contribution in [0.15, 0.2) is 66.7 Å². The van der Waals surface area contributed by atoms with Crippen LogP contribution in [0.1, 0.15) is 23.5 Å². The monoisotopic (exact) mass is 306 g/mol. The normalized spacial score (nSPS) is 19.3. The molecule has 3 rings (SSSR count). The summed E-state index contributed by atoms with van der Waals surface area (Å²) >= 11 is 0. The van der Waals surface area contributed by atoms with Crippen LogP contribution in [-0.2, 0) is 9.59 Å². The SMILES string of the molecule is O=C(/C=C/c1ccccc1)NNC(=O)[C@H]1C[C@H]1c1ccccc1. The van der Waals surface area contributed by atoms with Crippen molar-refractivity contribution in [2.24, 2.45) is 5.92 Å². The molecule has 0 aromatic heterocycles. The first-order valence-electron chi connectivity index (χ1n) is 7.62. The summed E-state index contributed by atoms with van der Waals surface area (Å²) in [4.78, 5) is 23.7. The molecule has 1 aliphatic rings. The quantitative estimate of drug-likeness (QED) is 0.674. The lowest BCUT2D eigenvalue weighted by Gasteiger charge is -2.05. The third kappa shape index (κ3) is 4.07. The van der Waals surface area contributed by atoms with Crippen LogP contribution in [0.4, 0.5) is 0 Å². The summed E-state index contributed by atoms with van der Waals surface area (Å²) in [6.45, 7) is 0. The topological polar surface area (TPSA) is 58.2 Å². The lowest BCUT2D eigenvalue weighted by atomic mass is 10.1. The molecule has 0 bridgehead atoms. The molecule has 1 aliphatic carbocycles. The van der Waals surface area contributed by atoms with E-state index in [2.05, 4.69) is 10.9 Å². The molecule has 0 unspecified atom stereocenters. The summed E-state index contributed by atoms with van der Waals surface area (Å²) in [7, 11) is 0. The van der Waals surface area contributed by atoms with E-state index >= 15 is 0 Å². The fourth-order valence-electron chi connectivity index (χ4n) is 2.55. The summed E-state index contributed by atoms with van der Waals surface area (Å²) in [5.41, 5.74) is 7.01. The number of hydrazine groups is 1. The summed E-state index contributed by atoms with van der Waals surface area (Å²) in [5, 5.41) is 0. The number of benzene rings is 2. The van der Waals surface area contributed by atoms with Gasteiger partial charge >= 0.3 is 0 Å². The van der Waals surface area contributed by atoms with Crippen molar-refractivity contribution in [3.05, 3.63) is 77.9 Å². The Bertz CT molecular complexity index is 711. The van der Waals surface area contributed by atoms with E-state index in [0.29, 0.717) is 0 Å². The van der Waals surface area contributed by atoms with E-state index < -0.39 is 0 Å². The minimum Gasteiger partial charge on any atom is -0.273 e. The summed E-state index contributed by atoms with van der Waals surface area (Å²) < 4.78 is 0. The predicted octanol–water partition coefficient (Wildman–Crippen LogP) is 2.65. The van der Waals surface area contributed by atoms with E-state index in [-0.39, 0.29) is 23.7 Å². The van der Waals surface area contributed by atoms with Gasteiger partial charge in [-0.05, 0) is 29.5 Å². The Labute approximate surface area is 135 Å². The first-order chi connectivity index (χ1) is 11.2. The number of hydrogen-bond acceptors (Lipinski definition) is 2. The van der Waals surface area contributed by atoms with Crippen molar-refractivity contribution in [3.63, 3.8) is 0 Å². The molecule has 2 amide bonds. The Kier molecular flexibility index (Phi) is 4.52. The van der Waals surface area contributed by atoms with Gasteiger partial charge in [0.15, 0.2) is 0 Å². The lowest BCUT2D eigenvalue weighted by Crippen LogP contribution is -2.41. The van der Waals surface area contributed by atoms with E-state index in [0.717, 1.165) is 12.0 Å². The Morgan fingerprint density at radius 1 is 0.913 bits per heavy atom. The molecule has 0 radical (unpaired) electrons. The number of carbonyl (C=O) groups excluding carboxylic acids is 2. The highest BCUT2D eigenvalue weighted by molar-refractivity contribution is 5.93. The van der Waals surface area contributed by atoms with Gasteiger partial charge in [-0.1, -0.05) is 60.7 Å². The second-order valence-corrected chi connectivity index (χ2v) is 5.58. The molecule has 2 N–H and O–H groups in total. The van der Waals surface area contributed by atoms with Gasteiger partial charge in [0.05, 0.1) is 0 Å².